The minimum Gasteiger partial charge on any atom is -0.378 e. The Labute approximate surface area is 127 Å². The minimum atomic E-state index is -3.70. The zero-order chi connectivity index (χ0) is 15.6. The van der Waals surface area contributed by atoms with Crippen LogP contribution < -0.4 is 10.5 Å². The van der Waals surface area contributed by atoms with Gasteiger partial charge in [0, 0.05) is 16.8 Å². The number of benzene rings is 2. The lowest BCUT2D eigenvalue weighted by Crippen LogP contribution is -2.12. The maximum absolute atomic E-state index is 13.3. The standard InChI is InChI=1S/C14H14ClFN2O2S/c1-9(18-13-7-11(15)6-12(16)8-13)10-2-4-14(5-3-10)21(17,19)20/h2-9,18H,1H3,(H2,17,19,20)/t9-/m1/s1. The third-order valence-electron chi connectivity index (χ3n) is 2.95. The van der Waals surface area contributed by atoms with Crippen LogP contribution in [0.15, 0.2) is 47.4 Å². The summed E-state index contributed by atoms with van der Waals surface area (Å²) in [6, 6.07) is 10.2. The Morgan fingerprint density at radius 3 is 2.33 bits per heavy atom. The zero-order valence-electron chi connectivity index (χ0n) is 11.2. The van der Waals surface area contributed by atoms with E-state index in [1.165, 1.54) is 24.3 Å². The number of hydrogen-bond donors (Lipinski definition) is 2. The molecule has 0 saturated heterocycles. The Kier molecular flexibility index (Phi) is 4.51. The summed E-state index contributed by atoms with van der Waals surface area (Å²) < 4.78 is 35.6. The first kappa shape index (κ1) is 15.8. The van der Waals surface area contributed by atoms with Gasteiger partial charge in [-0.2, -0.15) is 0 Å². The molecule has 0 heterocycles. The average Bonchev–Trinajstić information content (AvgIpc) is 2.36. The van der Waals surface area contributed by atoms with E-state index in [1.54, 1.807) is 18.2 Å². The number of nitrogens with two attached hydrogens (primary N) is 1. The maximum atomic E-state index is 13.3. The highest BCUT2D eigenvalue weighted by atomic mass is 35.5. The van der Waals surface area contributed by atoms with Gasteiger partial charge in [-0.3, -0.25) is 0 Å². The molecule has 0 fully saturated rings. The van der Waals surface area contributed by atoms with Gasteiger partial charge < -0.3 is 5.32 Å². The highest BCUT2D eigenvalue weighted by molar-refractivity contribution is 7.89. The van der Waals surface area contributed by atoms with Crippen LogP contribution in [0.5, 0.6) is 0 Å². The lowest BCUT2D eigenvalue weighted by molar-refractivity contribution is 0.597. The number of anilines is 1. The minimum absolute atomic E-state index is 0.0484. The van der Waals surface area contributed by atoms with Crippen molar-refractivity contribution in [3.05, 3.63) is 58.9 Å². The number of nitrogens with one attached hydrogen (secondary N) is 1. The van der Waals surface area contributed by atoms with Gasteiger partial charge in [0.1, 0.15) is 5.82 Å². The second-order valence-corrected chi connectivity index (χ2v) is 6.64. The molecule has 112 valence electrons. The van der Waals surface area contributed by atoms with Crippen molar-refractivity contribution in [1.29, 1.82) is 0 Å². The van der Waals surface area contributed by atoms with E-state index >= 15 is 0 Å². The molecule has 0 aliphatic heterocycles. The fraction of sp³-hybridized carbons (Fsp3) is 0.143. The molecule has 0 aliphatic carbocycles. The van der Waals surface area contributed by atoms with Gasteiger partial charge in [0.05, 0.1) is 4.90 Å². The molecular weight excluding hydrogens is 315 g/mol. The molecule has 2 aromatic carbocycles. The summed E-state index contributed by atoms with van der Waals surface area (Å²) in [5, 5.41) is 8.43. The lowest BCUT2D eigenvalue weighted by atomic mass is 10.1. The van der Waals surface area contributed by atoms with Gasteiger partial charge in [0.2, 0.25) is 10.0 Å². The average molecular weight is 329 g/mol. The van der Waals surface area contributed by atoms with Crippen molar-refractivity contribution < 1.29 is 12.8 Å². The fourth-order valence-electron chi connectivity index (χ4n) is 1.92. The quantitative estimate of drug-likeness (QED) is 0.904. The molecule has 4 nitrogen and oxygen atoms in total. The molecule has 1 atom stereocenters. The summed E-state index contributed by atoms with van der Waals surface area (Å²) in [5.41, 5.74) is 1.38. The van der Waals surface area contributed by atoms with Gasteiger partial charge in [-0.25, -0.2) is 17.9 Å². The molecule has 0 amide bonds. The van der Waals surface area contributed by atoms with Gasteiger partial charge >= 0.3 is 0 Å². The van der Waals surface area contributed by atoms with E-state index in [0.717, 1.165) is 5.56 Å². The van der Waals surface area contributed by atoms with Gasteiger partial charge in [-0.05, 0) is 42.8 Å². The third-order valence-corrected chi connectivity index (χ3v) is 4.10. The summed E-state index contributed by atoms with van der Waals surface area (Å²) in [7, 11) is -3.70. The van der Waals surface area contributed by atoms with E-state index in [0.29, 0.717) is 10.7 Å². The Morgan fingerprint density at radius 2 is 1.81 bits per heavy atom. The van der Waals surface area contributed by atoms with Crippen LogP contribution in [-0.4, -0.2) is 8.42 Å². The van der Waals surface area contributed by atoms with E-state index in [1.807, 2.05) is 6.92 Å². The Bertz CT molecular complexity index is 728. The van der Waals surface area contributed by atoms with Crippen molar-refractivity contribution in [3.63, 3.8) is 0 Å². The Morgan fingerprint density at radius 1 is 1.19 bits per heavy atom. The largest absolute Gasteiger partial charge is 0.378 e. The first-order valence-corrected chi connectivity index (χ1v) is 8.03. The lowest BCUT2D eigenvalue weighted by Gasteiger charge is -2.16. The number of sulfonamides is 1. The molecule has 7 heteroatoms. The molecule has 0 unspecified atom stereocenters. The van der Waals surface area contributed by atoms with Crippen LogP contribution in [-0.2, 0) is 10.0 Å². The first-order chi connectivity index (χ1) is 9.75. The van der Waals surface area contributed by atoms with Crippen LogP contribution in [0, 0.1) is 5.82 Å². The number of halogens is 2. The molecule has 0 spiro atoms. The highest BCUT2D eigenvalue weighted by Crippen LogP contribution is 2.23. The van der Waals surface area contributed by atoms with Crippen molar-refractivity contribution in [2.75, 3.05) is 5.32 Å². The number of hydrogen-bond acceptors (Lipinski definition) is 3. The Hall–Kier alpha value is -1.63. The van der Waals surface area contributed by atoms with Gasteiger partial charge in [-0.15, -0.1) is 0 Å². The molecule has 3 N–H and O–H groups in total. The third kappa shape index (κ3) is 4.17. The SMILES string of the molecule is C[C@@H](Nc1cc(F)cc(Cl)c1)c1ccc(S(N)(=O)=O)cc1. The van der Waals surface area contributed by atoms with Crippen molar-refractivity contribution in [3.8, 4) is 0 Å². The summed E-state index contributed by atoms with van der Waals surface area (Å²) >= 11 is 5.79. The molecule has 21 heavy (non-hydrogen) atoms. The second kappa shape index (κ2) is 6.01. The van der Waals surface area contributed by atoms with Gasteiger partial charge in [0.15, 0.2) is 0 Å². The van der Waals surface area contributed by atoms with E-state index in [9.17, 15) is 12.8 Å². The molecular formula is C14H14ClFN2O2S. The van der Waals surface area contributed by atoms with Crippen molar-refractivity contribution in [2.24, 2.45) is 5.14 Å². The van der Waals surface area contributed by atoms with E-state index in [2.05, 4.69) is 5.32 Å². The molecule has 2 rings (SSSR count). The van der Waals surface area contributed by atoms with E-state index in [-0.39, 0.29) is 10.9 Å². The van der Waals surface area contributed by atoms with Crippen molar-refractivity contribution in [1.82, 2.24) is 0 Å². The van der Waals surface area contributed by atoms with Gasteiger partial charge in [-0.1, -0.05) is 23.7 Å². The van der Waals surface area contributed by atoms with Crippen molar-refractivity contribution in [2.45, 2.75) is 17.9 Å². The fourth-order valence-corrected chi connectivity index (χ4v) is 2.65. The van der Waals surface area contributed by atoms with Crippen LogP contribution >= 0.6 is 11.6 Å². The normalized spacial score (nSPS) is 13.0. The monoisotopic (exact) mass is 328 g/mol. The molecule has 0 bridgehead atoms. The van der Waals surface area contributed by atoms with Gasteiger partial charge in [0.25, 0.3) is 0 Å². The van der Waals surface area contributed by atoms with Crippen LogP contribution in [0.2, 0.25) is 5.02 Å². The summed E-state index contributed by atoms with van der Waals surface area (Å²) in [4.78, 5) is 0.0484. The molecule has 0 aromatic heterocycles. The maximum Gasteiger partial charge on any atom is 0.238 e. The molecule has 0 saturated carbocycles. The first-order valence-electron chi connectivity index (χ1n) is 6.11. The second-order valence-electron chi connectivity index (χ2n) is 4.64. The van der Waals surface area contributed by atoms with Crippen LogP contribution in [0.1, 0.15) is 18.5 Å². The smallest absolute Gasteiger partial charge is 0.238 e. The van der Waals surface area contributed by atoms with Crippen LogP contribution in [0.4, 0.5) is 10.1 Å². The van der Waals surface area contributed by atoms with Crippen molar-refractivity contribution >= 4 is 27.3 Å². The predicted octanol–water partition coefficient (Wildman–Crippen LogP) is 3.30. The topological polar surface area (TPSA) is 72.2 Å². The molecule has 2 aromatic rings. The predicted molar refractivity (Wildman–Crippen MR) is 81.3 cm³/mol. The van der Waals surface area contributed by atoms with Crippen LogP contribution in [0.3, 0.4) is 0 Å². The summed E-state index contributed by atoms with van der Waals surface area (Å²) in [6.07, 6.45) is 0. The summed E-state index contributed by atoms with van der Waals surface area (Å²) in [6.45, 7) is 1.87. The molecule has 0 aliphatic rings. The Balaban J connectivity index is 2.18. The zero-order valence-corrected chi connectivity index (χ0v) is 12.7. The highest BCUT2D eigenvalue weighted by Gasteiger charge is 2.10. The number of rotatable bonds is 4. The summed E-state index contributed by atoms with van der Waals surface area (Å²) in [5.74, 6) is -0.429. The van der Waals surface area contributed by atoms with E-state index < -0.39 is 15.8 Å². The molecule has 0 radical (unpaired) electrons. The van der Waals surface area contributed by atoms with Crippen LogP contribution in [0.25, 0.3) is 0 Å². The number of primary sulfonamides is 1. The van der Waals surface area contributed by atoms with E-state index in [4.69, 9.17) is 16.7 Å².